The van der Waals surface area contributed by atoms with Gasteiger partial charge >= 0.3 is 0 Å². The van der Waals surface area contributed by atoms with Crippen molar-refractivity contribution in [1.29, 1.82) is 0 Å². The monoisotopic (exact) mass is 352 g/mol. The highest BCUT2D eigenvalue weighted by molar-refractivity contribution is 6.74. The SMILES string of the molecule is C[C@H]1O[C@@H](O)[C@H](O[Si](C)(C)C(C)(C)C)C[C@@H]1OCc1ccccc1. The van der Waals surface area contributed by atoms with Crippen molar-refractivity contribution in [3.63, 3.8) is 0 Å². The summed E-state index contributed by atoms with van der Waals surface area (Å²) in [5.41, 5.74) is 1.14. The fourth-order valence-corrected chi connectivity index (χ4v) is 3.90. The average Bonchev–Trinajstić information content (AvgIpc) is 2.48. The minimum Gasteiger partial charge on any atom is -0.409 e. The van der Waals surface area contributed by atoms with Crippen molar-refractivity contribution in [2.24, 2.45) is 0 Å². The molecule has 1 saturated heterocycles. The molecular weight excluding hydrogens is 320 g/mol. The lowest BCUT2D eigenvalue weighted by molar-refractivity contribution is -0.246. The topological polar surface area (TPSA) is 47.9 Å². The van der Waals surface area contributed by atoms with Crippen LogP contribution in [0.2, 0.25) is 18.1 Å². The van der Waals surface area contributed by atoms with Gasteiger partial charge in [0.1, 0.15) is 0 Å². The van der Waals surface area contributed by atoms with E-state index in [1.807, 2.05) is 37.3 Å². The third-order valence-electron chi connectivity index (χ3n) is 5.22. The Morgan fingerprint density at radius 3 is 2.38 bits per heavy atom. The summed E-state index contributed by atoms with van der Waals surface area (Å²) in [5.74, 6) is 0. The molecule has 0 saturated carbocycles. The molecule has 136 valence electrons. The van der Waals surface area contributed by atoms with Gasteiger partial charge < -0.3 is 19.0 Å². The summed E-state index contributed by atoms with van der Waals surface area (Å²) >= 11 is 0. The Hall–Kier alpha value is -0.723. The van der Waals surface area contributed by atoms with E-state index in [4.69, 9.17) is 13.9 Å². The first kappa shape index (κ1) is 19.6. The predicted octanol–water partition coefficient (Wildman–Crippen LogP) is 4.09. The smallest absolute Gasteiger partial charge is 0.192 e. The van der Waals surface area contributed by atoms with Gasteiger partial charge in [-0.3, -0.25) is 0 Å². The molecule has 1 heterocycles. The van der Waals surface area contributed by atoms with Gasteiger partial charge in [0, 0.05) is 6.42 Å². The molecular formula is C19H32O4Si. The zero-order valence-electron chi connectivity index (χ0n) is 15.8. The quantitative estimate of drug-likeness (QED) is 0.811. The fourth-order valence-electron chi connectivity index (χ4n) is 2.57. The van der Waals surface area contributed by atoms with Crippen LogP contribution in [0.25, 0.3) is 0 Å². The number of aliphatic hydroxyl groups excluding tert-OH is 1. The van der Waals surface area contributed by atoms with Crippen molar-refractivity contribution in [1.82, 2.24) is 0 Å². The highest BCUT2D eigenvalue weighted by Crippen LogP contribution is 2.39. The lowest BCUT2D eigenvalue weighted by atomic mass is 10.0. The van der Waals surface area contributed by atoms with E-state index in [2.05, 4.69) is 33.9 Å². The molecule has 4 nitrogen and oxygen atoms in total. The molecule has 0 bridgehead atoms. The molecule has 1 aliphatic rings. The Bertz CT molecular complexity index is 512. The van der Waals surface area contributed by atoms with E-state index in [0.717, 1.165) is 5.56 Å². The van der Waals surface area contributed by atoms with E-state index in [1.54, 1.807) is 0 Å². The predicted molar refractivity (Wildman–Crippen MR) is 98.3 cm³/mol. The maximum atomic E-state index is 10.3. The summed E-state index contributed by atoms with van der Waals surface area (Å²) in [7, 11) is -1.97. The van der Waals surface area contributed by atoms with Gasteiger partial charge in [0.2, 0.25) is 0 Å². The van der Waals surface area contributed by atoms with Crippen LogP contribution in [0.3, 0.4) is 0 Å². The maximum absolute atomic E-state index is 10.3. The zero-order chi connectivity index (χ0) is 18.0. The molecule has 4 atom stereocenters. The number of ether oxygens (including phenoxy) is 2. The first-order valence-corrected chi connectivity index (χ1v) is 11.7. The van der Waals surface area contributed by atoms with Gasteiger partial charge in [0.25, 0.3) is 0 Å². The minimum absolute atomic E-state index is 0.0802. The van der Waals surface area contributed by atoms with Crippen LogP contribution in [-0.4, -0.2) is 38.0 Å². The summed E-state index contributed by atoms with van der Waals surface area (Å²) in [5, 5.41) is 10.4. The summed E-state index contributed by atoms with van der Waals surface area (Å²) in [6.45, 7) is 13.5. The Morgan fingerprint density at radius 1 is 1.17 bits per heavy atom. The lowest BCUT2D eigenvalue weighted by Crippen LogP contribution is -2.53. The van der Waals surface area contributed by atoms with Crippen LogP contribution in [0.4, 0.5) is 0 Å². The second kappa shape index (κ2) is 7.66. The van der Waals surface area contributed by atoms with Crippen molar-refractivity contribution in [2.75, 3.05) is 0 Å². The molecule has 0 spiro atoms. The number of hydrogen-bond donors (Lipinski definition) is 1. The molecule has 1 fully saturated rings. The Morgan fingerprint density at radius 2 is 1.79 bits per heavy atom. The van der Waals surface area contributed by atoms with Gasteiger partial charge in [0.15, 0.2) is 14.6 Å². The maximum Gasteiger partial charge on any atom is 0.192 e. The van der Waals surface area contributed by atoms with Crippen molar-refractivity contribution in [3.05, 3.63) is 35.9 Å². The standard InChI is InChI=1S/C19H32O4Si/c1-14-16(21-13-15-10-8-7-9-11-15)12-17(18(20)22-14)23-24(5,6)19(2,3)4/h7-11,14,16-18,20H,12-13H2,1-6H3/t14-,16+,17-,18-/m1/s1. The van der Waals surface area contributed by atoms with Gasteiger partial charge in [-0.1, -0.05) is 51.1 Å². The molecule has 2 rings (SSSR count). The van der Waals surface area contributed by atoms with Crippen LogP contribution < -0.4 is 0 Å². The van der Waals surface area contributed by atoms with Crippen molar-refractivity contribution >= 4 is 8.32 Å². The van der Waals surface area contributed by atoms with E-state index in [-0.39, 0.29) is 23.4 Å². The molecule has 1 aromatic rings. The minimum atomic E-state index is -1.97. The van der Waals surface area contributed by atoms with Gasteiger partial charge in [-0.25, -0.2) is 0 Å². The number of benzene rings is 1. The molecule has 0 amide bonds. The second-order valence-corrected chi connectivity index (χ2v) is 13.0. The van der Waals surface area contributed by atoms with Crippen molar-refractivity contribution in [2.45, 2.75) is 83.5 Å². The summed E-state index contributed by atoms with van der Waals surface area (Å²) in [4.78, 5) is 0. The molecule has 1 aromatic carbocycles. The van der Waals surface area contributed by atoms with Crippen LogP contribution in [0.15, 0.2) is 30.3 Å². The van der Waals surface area contributed by atoms with E-state index < -0.39 is 14.6 Å². The molecule has 0 radical (unpaired) electrons. The Balaban J connectivity index is 1.98. The summed E-state index contributed by atoms with van der Waals surface area (Å²) in [6.07, 6.45) is -0.790. The second-order valence-electron chi connectivity index (χ2n) is 8.22. The normalized spacial score (nSPS) is 28.8. The van der Waals surface area contributed by atoms with Gasteiger partial charge in [-0.05, 0) is 30.6 Å². The molecule has 0 unspecified atom stereocenters. The van der Waals surface area contributed by atoms with Crippen molar-refractivity contribution in [3.8, 4) is 0 Å². The van der Waals surface area contributed by atoms with Crippen LogP contribution >= 0.6 is 0 Å². The molecule has 1 N–H and O–H groups in total. The number of aliphatic hydroxyl groups is 1. The van der Waals surface area contributed by atoms with Crippen LogP contribution in [0.5, 0.6) is 0 Å². The van der Waals surface area contributed by atoms with Gasteiger partial charge in [-0.15, -0.1) is 0 Å². The van der Waals surface area contributed by atoms with Gasteiger partial charge in [0.05, 0.1) is 24.9 Å². The summed E-state index contributed by atoms with van der Waals surface area (Å²) < 4.78 is 18.1. The molecule has 1 aliphatic heterocycles. The van der Waals surface area contributed by atoms with Gasteiger partial charge in [-0.2, -0.15) is 0 Å². The first-order valence-electron chi connectivity index (χ1n) is 8.77. The van der Waals surface area contributed by atoms with E-state index in [0.29, 0.717) is 13.0 Å². The molecule has 5 heteroatoms. The highest BCUT2D eigenvalue weighted by atomic mass is 28.4. The highest BCUT2D eigenvalue weighted by Gasteiger charge is 2.44. The summed E-state index contributed by atoms with van der Waals surface area (Å²) in [6, 6.07) is 10.1. The van der Waals surface area contributed by atoms with Crippen LogP contribution in [0, 0.1) is 0 Å². The average molecular weight is 353 g/mol. The molecule has 0 aromatic heterocycles. The Kier molecular flexibility index (Phi) is 6.26. The number of rotatable bonds is 5. The lowest BCUT2D eigenvalue weighted by Gasteiger charge is -2.44. The van der Waals surface area contributed by atoms with E-state index in [1.165, 1.54) is 0 Å². The van der Waals surface area contributed by atoms with E-state index in [9.17, 15) is 5.11 Å². The Labute approximate surface area is 147 Å². The zero-order valence-corrected chi connectivity index (χ0v) is 16.8. The largest absolute Gasteiger partial charge is 0.409 e. The molecule has 0 aliphatic carbocycles. The van der Waals surface area contributed by atoms with E-state index >= 15 is 0 Å². The van der Waals surface area contributed by atoms with Crippen LogP contribution in [-0.2, 0) is 20.5 Å². The van der Waals surface area contributed by atoms with Crippen LogP contribution in [0.1, 0.15) is 39.7 Å². The third-order valence-corrected chi connectivity index (χ3v) is 9.72. The molecule has 24 heavy (non-hydrogen) atoms. The first-order chi connectivity index (χ1) is 11.1. The fraction of sp³-hybridized carbons (Fsp3) is 0.684. The number of hydrogen-bond acceptors (Lipinski definition) is 4. The van der Waals surface area contributed by atoms with Crippen molar-refractivity contribution < 1.29 is 19.0 Å². The third kappa shape index (κ3) is 4.89.